The highest BCUT2D eigenvalue weighted by molar-refractivity contribution is 5.87. The van der Waals surface area contributed by atoms with Crippen LogP contribution in [-0.4, -0.2) is 40.3 Å². The molecule has 0 bridgehead atoms. The Morgan fingerprint density at radius 1 is 1.30 bits per heavy atom. The summed E-state index contributed by atoms with van der Waals surface area (Å²) in [5, 5.41) is 11.2. The van der Waals surface area contributed by atoms with Crippen LogP contribution in [0.4, 0.5) is 11.8 Å². The quantitative estimate of drug-likeness (QED) is 0.878. The van der Waals surface area contributed by atoms with Crippen LogP contribution in [0, 0.1) is 5.41 Å². The van der Waals surface area contributed by atoms with Crippen LogP contribution in [0.2, 0.25) is 0 Å². The molecule has 0 aliphatic carbocycles. The standard InChI is InChI=1S/C14H24N6/c1-6-7-15-13-17-11-10(8-16-19-11)12(18-13)20(5)9-14(2,3)4/h8H,6-7,9H2,1-5H3,(H2,15,16,17,18,19). The summed E-state index contributed by atoms with van der Waals surface area (Å²) >= 11 is 0. The Bertz CT molecular complexity index is 569. The number of fused-ring (bicyclic) bond motifs is 1. The molecule has 0 radical (unpaired) electrons. The zero-order chi connectivity index (χ0) is 14.8. The molecule has 0 saturated heterocycles. The minimum atomic E-state index is 0.201. The molecule has 6 heteroatoms. The van der Waals surface area contributed by atoms with Crippen LogP contribution in [0.5, 0.6) is 0 Å². The lowest BCUT2D eigenvalue weighted by Crippen LogP contribution is -2.30. The molecule has 0 saturated carbocycles. The first-order valence-electron chi connectivity index (χ1n) is 7.07. The lowest BCUT2D eigenvalue weighted by atomic mass is 9.96. The van der Waals surface area contributed by atoms with Crippen LogP contribution in [0.3, 0.4) is 0 Å². The van der Waals surface area contributed by atoms with Crippen LogP contribution in [0.1, 0.15) is 34.1 Å². The van der Waals surface area contributed by atoms with E-state index in [0.717, 1.165) is 36.4 Å². The molecule has 110 valence electrons. The van der Waals surface area contributed by atoms with E-state index < -0.39 is 0 Å². The summed E-state index contributed by atoms with van der Waals surface area (Å²) in [7, 11) is 2.06. The van der Waals surface area contributed by atoms with Gasteiger partial charge in [-0.15, -0.1) is 0 Å². The highest BCUT2D eigenvalue weighted by Crippen LogP contribution is 2.25. The van der Waals surface area contributed by atoms with Gasteiger partial charge in [0.2, 0.25) is 5.95 Å². The highest BCUT2D eigenvalue weighted by Gasteiger charge is 2.18. The normalized spacial score (nSPS) is 11.8. The molecule has 2 heterocycles. The predicted octanol–water partition coefficient (Wildman–Crippen LogP) is 2.66. The van der Waals surface area contributed by atoms with Crippen molar-refractivity contribution in [2.45, 2.75) is 34.1 Å². The van der Waals surface area contributed by atoms with E-state index in [1.54, 1.807) is 6.20 Å². The number of H-pyrrole nitrogens is 1. The van der Waals surface area contributed by atoms with E-state index >= 15 is 0 Å². The molecule has 0 fully saturated rings. The van der Waals surface area contributed by atoms with Gasteiger partial charge in [-0.2, -0.15) is 15.1 Å². The van der Waals surface area contributed by atoms with Gasteiger partial charge in [0.1, 0.15) is 5.82 Å². The Morgan fingerprint density at radius 2 is 2.05 bits per heavy atom. The van der Waals surface area contributed by atoms with Crippen molar-refractivity contribution in [1.29, 1.82) is 0 Å². The Morgan fingerprint density at radius 3 is 2.70 bits per heavy atom. The van der Waals surface area contributed by atoms with Gasteiger partial charge in [-0.3, -0.25) is 5.10 Å². The van der Waals surface area contributed by atoms with Crippen molar-refractivity contribution in [3.8, 4) is 0 Å². The maximum absolute atomic E-state index is 4.64. The molecule has 0 aliphatic rings. The first-order chi connectivity index (χ1) is 9.40. The number of hydrogen-bond acceptors (Lipinski definition) is 5. The highest BCUT2D eigenvalue weighted by atomic mass is 15.2. The summed E-state index contributed by atoms with van der Waals surface area (Å²) in [5.74, 6) is 1.57. The maximum atomic E-state index is 4.64. The van der Waals surface area contributed by atoms with Crippen molar-refractivity contribution in [2.24, 2.45) is 5.41 Å². The molecule has 0 unspecified atom stereocenters. The lowest BCUT2D eigenvalue weighted by molar-refractivity contribution is 0.418. The third-order valence-electron chi connectivity index (χ3n) is 2.90. The monoisotopic (exact) mass is 276 g/mol. The summed E-state index contributed by atoms with van der Waals surface area (Å²) in [6, 6.07) is 0. The van der Waals surface area contributed by atoms with E-state index in [4.69, 9.17) is 0 Å². The maximum Gasteiger partial charge on any atom is 0.226 e. The Balaban J connectivity index is 2.36. The smallest absolute Gasteiger partial charge is 0.226 e. The zero-order valence-electron chi connectivity index (χ0n) is 13.0. The van der Waals surface area contributed by atoms with E-state index in [-0.39, 0.29) is 5.41 Å². The van der Waals surface area contributed by atoms with Gasteiger partial charge in [0, 0.05) is 20.1 Å². The van der Waals surface area contributed by atoms with Gasteiger partial charge >= 0.3 is 0 Å². The second-order valence-electron chi connectivity index (χ2n) is 6.35. The molecule has 0 amide bonds. The molecule has 0 atom stereocenters. The van der Waals surface area contributed by atoms with E-state index in [2.05, 4.69) is 65.1 Å². The molecule has 6 nitrogen and oxygen atoms in total. The van der Waals surface area contributed by atoms with E-state index in [1.807, 2.05) is 0 Å². The average molecular weight is 276 g/mol. The number of nitrogens with one attached hydrogen (secondary N) is 2. The van der Waals surface area contributed by atoms with Crippen LogP contribution < -0.4 is 10.2 Å². The van der Waals surface area contributed by atoms with Crippen molar-refractivity contribution in [3.63, 3.8) is 0 Å². The molecule has 2 rings (SSSR count). The third kappa shape index (κ3) is 3.37. The predicted molar refractivity (Wildman–Crippen MR) is 83.2 cm³/mol. The molecule has 0 aromatic carbocycles. The van der Waals surface area contributed by atoms with Crippen molar-refractivity contribution in [1.82, 2.24) is 20.2 Å². The van der Waals surface area contributed by atoms with Gasteiger partial charge in [-0.1, -0.05) is 27.7 Å². The molecule has 20 heavy (non-hydrogen) atoms. The number of rotatable bonds is 5. The molecule has 2 N–H and O–H groups in total. The lowest BCUT2D eigenvalue weighted by Gasteiger charge is -2.27. The average Bonchev–Trinajstić information content (AvgIpc) is 2.81. The molecule has 0 spiro atoms. The number of aromatic nitrogens is 4. The van der Waals surface area contributed by atoms with E-state index in [9.17, 15) is 0 Å². The summed E-state index contributed by atoms with van der Waals surface area (Å²) in [6.07, 6.45) is 2.82. The summed E-state index contributed by atoms with van der Waals surface area (Å²) in [4.78, 5) is 11.2. The Labute approximate surface area is 120 Å². The van der Waals surface area contributed by atoms with Gasteiger partial charge in [0.05, 0.1) is 11.6 Å². The molecular formula is C14H24N6. The van der Waals surface area contributed by atoms with Crippen molar-refractivity contribution >= 4 is 22.8 Å². The minimum Gasteiger partial charge on any atom is -0.358 e. The fourth-order valence-electron chi connectivity index (χ4n) is 2.21. The number of nitrogens with zero attached hydrogens (tertiary/aromatic N) is 4. The minimum absolute atomic E-state index is 0.201. The third-order valence-corrected chi connectivity index (χ3v) is 2.90. The summed E-state index contributed by atoms with van der Waals surface area (Å²) in [5.41, 5.74) is 0.974. The first kappa shape index (κ1) is 14.6. The number of aromatic amines is 1. The molecule has 2 aromatic heterocycles. The molecule has 2 aromatic rings. The second kappa shape index (κ2) is 5.64. The van der Waals surface area contributed by atoms with Crippen LogP contribution in [0.15, 0.2) is 6.20 Å². The zero-order valence-corrected chi connectivity index (χ0v) is 13.0. The Kier molecular flexibility index (Phi) is 4.11. The van der Waals surface area contributed by atoms with E-state index in [1.165, 1.54) is 0 Å². The van der Waals surface area contributed by atoms with E-state index in [0.29, 0.717) is 5.95 Å². The van der Waals surface area contributed by atoms with Crippen LogP contribution in [0.25, 0.3) is 11.0 Å². The van der Waals surface area contributed by atoms with Gasteiger partial charge in [0.15, 0.2) is 5.65 Å². The first-order valence-corrected chi connectivity index (χ1v) is 7.07. The number of anilines is 2. The second-order valence-corrected chi connectivity index (χ2v) is 6.35. The van der Waals surface area contributed by atoms with Crippen molar-refractivity contribution in [2.75, 3.05) is 30.4 Å². The number of hydrogen-bond donors (Lipinski definition) is 2. The molecular weight excluding hydrogens is 252 g/mol. The summed E-state index contributed by atoms with van der Waals surface area (Å²) < 4.78 is 0. The van der Waals surface area contributed by atoms with Gasteiger partial charge in [-0.25, -0.2) is 0 Å². The fourth-order valence-corrected chi connectivity index (χ4v) is 2.21. The van der Waals surface area contributed by atoms with Gasteiger partial charge in [-0.05, 0) is 11.8 Å². The van der Waals surface area contributed by atoms with Crippen molar-refractivity contribution in [3.05, 3.63) is 6.20 Å². The largest absolute Gasteiger partial charge is 0.358 e. The van der Waals surface area contributed by atoms with Crippen LogP contribution >= 0.6 is 0 Å². The topological polar surface area (TPSA) is 69.7 Å². The van der Waals surface area contributed by atoms with Crippen LogP contribution in [-0.2, 0) is 0 Å². The molecule has 0 aliphatic heterocycles. The SMILES string of the molecule is CCCNc1nc(N(C)CC(C)(C)C)c2cn[nH]c2n1. The van der Waals surface area contributed by atoms with Gasteiger partial charge < -0.3 is 10.2 Å². The van der Waals surface area contributed by atoms with Gasteiger partial charge in [0.25, 0.3) is 0 Å². The van der Waals surface area contributed by atoms with Crippen molar-refractivity contribution < 1.29 is 0 Å². The Hall–Kier alpha value is -1.85. The fraction of sp³-hybridized carbons (Fsp3) is 0.643. The summed E-state index contributed by atoms with van der Waals surface area (Å²) in [6.45, 7) is 10.5.